The number of nitrogens with zero attached hydrogens (tertiary/aromatic N) is 3. The molecule has 5 nitrogen and oxygen atoms in total. The minimum atomic E-state index is -0.165. The highest BCUT2D eigenvalue weighted by molar-refractivity contribution is 9.10. The van der Waals surface area contributed by atoms with E-state index < -0.39 is 0 Å². The maximum Gasteiger partial charge on any atom is 0.282 e. The van der Waals surface area contributed by atoms with E-state index in [1.165, 1.54) is 4.68 Å². The van der Waals surface area contributed by atoms with Crippen LogP contribution in [-0.4, -0.2) is 14.8 Å². The van der Waals surface area contributed by atoms with Crippen molar-refractivity contribution >= 4 is 21.6 Å². The van der Waals surface area contributed by atoms with Crippen LogP contribution >= 0.6 is 15.9 Å². The van der Waals surface area contributed by atoms with Crippen LogP contribution in [0.2, 0.25) is 0 Å². The molecule has 0 fully saturated rings. The second-order valence-electron chi connectivity index (χ2n) is 3.95. The van der Waals surface area contributed by atoms with Crippen LogP contribution in [0.15, 0.2) is 40.0 Å². The first-order valence-corrected chi connectivity index (χ1v) is 6.27. The molecule has 0 aliphatic rings. The Bertz CT molecular complexity index is 597. The first-order valence-electron chi connectivity index (χ1n) is 5.48. The molecule has 2 rings (SSSR count). The van der Waals surface area contributed by atoms with Gasteiger partial charge in [-0.3, -0.25) is 9.78 Å². The molecule has 1 N–H and O–H groups in total. The molecule has 1 atom stereocenters. The third-order valence-corrected chi connectivity index (χ3v) is 3.42. The number of aryl methyl sites for hydroxylation is 1. The maximum absolute atomic E-state index is 11.7. The molecule has 1 unspecified atom stereocenters. The standard InChI is InChI=1S/C12H13BrN4O/c1-8(9-3-5-14-6-4-9)16-10-7-15-17(2)12(18)11(10)13/h3-8,16H,1-2H3. The molecule has 0 aliphatic carbocycles. The van der Waals surface area contributed by atoms with Gasteiger partial charge in [0, 0.05) is 25.5 Å². The van der Waals surface area contributed by atoms with Crippen LogP contribution in [0.4, 0.5) is 5.69 Å². The molecule has 2 heterocycles. The van der Waals surface area contributed by atoms with Crippen LogP contribution in [0.5, 0.6) is 0 Å². The van der Waals surface area contributed by atoms with Gasteiger partial charge in [-0.25, -0.2) is 4.68 Å². The van der Waals surface area contributed by atoms with Crippen molar-refractivity contribution in [1.82, 2.24) is 14.8 Å². The second-order valence-corrected chi connectivity index (χ2v) is 4.74. The van der Waals surface area contributed by atoms with Crippen molar-refractivity contribution in [2.24, 2.45) is 7.05 Å². The zero-order valence-corrected chi connectivity index (χ0v) is 11.7. The van der Waals surface area contributed by atoms with Gasteiger partial charge in [0.15, 0.2) is 0 Å². The van der Waals surface area contributed by atoms with Gasteiger partial charge in [0.2, 0.25) is 0 Å². The molecule has 94 valence electrons. The van der Waals surface area contributed by atoms with Gasteiger partial charge in [0.25, 0.3) is 5.56 Å². The van der Waals surface area contributed by atoms with E-state index in [1.54, 1.807) is 25.6 Å². The molecule has 0 radical (unpaired) electrons. The molecule has 0 saturated heterocycles. The largest absolute Gasteiger partial charge is 0.376 e. The van der Waals surface area contributed by atoms with Crippen LogP contribution < -0.4 is 10.9 Å². The summed E-state index contributed by atoms with van der Waals surface area (Å²) in [6, 6.07) is 3.93. The Balaban J connectivity index is 2.25. The van der Waals surface area contributed by atoms with E-state index in [-0.39, 0.29) is 11.6 Å². The summed E-state index contributed by atoms with van der Waals surface area (Å²) in [4.78, 5) is 15.7. The van der Waals surface area contributed by atoms with Crippen molar-refractivity contribution in [3.8, 4) is 0 Å². The topological polar surface area (TPSA) is 59.8 Å². The summed E-state index contributed by atoms with van der Waals surface area (Å²) in [7, 11) is 1.61. The van der Waals surface area contributed by atoms with Crippen molar-refractivity contribution in [2.45, 2.75) is 13.0 Å². The van der Waals surface area contributed by atoms with Crippen molar-refractivity contribution in [3.63, 3.8) is 0 Å². The molecule has 0 saturated carbocycles. The average Bonchev–Trinajstić information content (AvgIpc) is 2.40. The monoisotopic (exact) mass is 308 g/mol. The lowest BCUT2D eigenvalue weighted by Gasteiger charge is -2.16. The summed E-state index contributed by atoms with van der Waals surface area (Å²) in [6.07, 6.45) is 5.11. The minimum Gasteiger partial charge on any atom is -0.376 e. The zero-order valence-electron chi connectivity index (χ0n) is 10.1. The Hall–Kier alpha value is -1.69. The quantitative estimate of drug-likeness (QED) is 0.943. The zero-order chi connectivity index (χ0) is 13.1. The van der Waals surface area contributed by atoms with E-state index in [1.807, 2.05) is 19.1 Å². The smallest absolute Gasteiger partial charge is 0.282 e. The van der Waals surface area contributed by atoms with Crippen molar-refractivity contribution in [2.75, 3.05) is 5.32 Å². The average molecular weight is 309 g/mol. The highest BCUT2D eigenvalue weighted by Crippen LogP contribution is 2.22. The highest BCUT2D eigenvalue weighted by atomic mass is 79.9. The lowest BCUT2D eigenvalue weighted by Crippen LogP contribution is -2.22. The molecular formula is C12H13BrN4O. The molecule has 0 aliphatic heterocycles. The molecule has 18 heavy (non-hydrogen) atoms. The summed E-state index contributed by atoms with van der Waals surface area (Å²) in [5.41, 5.74) is 1.61. The predicted molar refractivity (Wildman–Crippen MR) is 73.5 cm³/mol. The van der Waals surface area contributed by atoms with Gasteiger partial charge in [-0.15, -0.1) is 0 Å². The van der Waals surface area contributed by atoms with Crippen LogP contribution in [-0.2, 0) is 7.05 Å². The lowest BCUT2D eigenvalue weighted by molar-refractivity contribution is 0.701. The van der Waals surface area contributed by atoms with E-state index in [4.69, 9.17) is 0 Å². The van der Waals surface area contributed by atoms with Crippen molar-refractivity contribution < 1.29 is 0 Å². The number of hydrogen-bond acceptors (Lipinski definition) is 4. The molecule has 2 aromatic heterocycles. The summed E-state index contributed by atoms with van der Waals surface area (Å²) < 4.78 is 1.77. The van der Waals surface area contributed by atoms with Gasteiger partial charge in [-0.2, -0.15) is 5.10 Å². The third kappa shape index (κ3) is 2.59. The number of hydrogen-bond donors (Lipinski definition) is 1. The van der Waals surface area contributed by atoms with Gasteiger partial charge in [0.05, 0.1) is 11.9 Å². The predicted octanol–water partition coefficient (Wildman–Crippen LogP) is 2.11. The molecule has 0 spiro atoms. The van der Waals surface area contributed by atoms with Gasteiger partial charge >= 0.3 is 0 Å². The first-order chi connectivity index (χ1) is 8.59. The number of halogens is 1. The van der Waals surface area contributed by atoms with Crippen molar-refractivity contribution in [1.29, 1.82) is 0 Å². The summed E-state index contributed by atoms with van der Waals surface area (Å²) in [5.74, 6) is 0. The van der Waals surface area contributed by atoms with Gasteiger partial charge in [0.1, 0.15) is 4.47 Å². The Kier molecular flexibility index (Phi) is 3.76. The Labute approximate surface area is 113 Å². The molecule has 0 bridgehead atoms. The summed E-state index contributed by atoms with van der Waals surface area (Å²) in [6.45, 7) is 2.01. The van der Waals surface area contributed by atoms with Crippen LogP contribution in [0.25, 0.3) is 0 Å². The second kappa shape index (κ2) is 5.30. The fourth-order valence-corrected chi connectivity index (χ4v) is 2.05. The Morgan fingerprint density at radius 3 is 2.72 bits per heavy atom. The summed E-state index contributed by atoms with van der Waals surface area (Å²) >= 11 is 3.28. The minimum absolute atomic E-state index is 0.0678. The van der Waals surface area contributed by atoms with E-state index >= 15 is 0 Å². The number of nitrogens with one attached hydrogen (secondary N) is 1. The molecule has 0 amide bonds. The van der Waals surface area contributed by atoms with E-state index in [2.05, 4.69) is 31.3 Å². The first kappa shape index (κ1) is 12.8. The maximum atomic E-state index is 11.7. The molecule has 0 aromatic carbocycles. The van der Waals surface area contributed by atoms with E-state index in [0.717, 1.165) is 5.56 Å². The number of pyridine rings is 1. The normalized spacial score (nSPS) is 12.2. The molecular weight excluding hydrogens is 296 g/mol. The van der Waals surface area contributed by atoms with Crippen LogP contribution in [0.1, 0.15) is 18.5 Å². The number of anilines is 1. The third-order valence-electron chi connectivity index (χ3n) is 2.66. The molecule has 6 heteroatoms. The van der Waals surface area contributed by atoms with E-state index in [0.29, 0.717) is 10.2 Å². The highest BCUT2D eigenvalue weighted by Gasteiger charge is 2.10. The van der Waals surface area contributed by atoms with Gasteiger partial charge < -0.3 is 5.32 Å². The van der Waals surface area contributed by atoms with Crippen LogP contribution in [0.3, 0.4) is 0 Å². The lowest BCUT2D eigenvalue weighted by atomic mass is 10.1. The fraction of sp³-hybridized carbons (Fsp3) is 0.250. The Morgan fingerprint density at radius 1 is 1.39 bits per heavy atom. The summed E-state index contributed by atoms with van der Waals surface area (Å²) in [5, 5.41) is 7.23. The fourth-order valence-electron chi connectivity index (χ4n) is 1.58. The molecule has 2 aromatic rings. The van der Waals surface area contributed by atoms with Gasteiger partial charge in [-0.05, 0) is 40.5 Å². The number of rotatable bonds is 3. The van der Waals surface area contributed by atoms with Gasteiger partial charge in [-0.1, -0.05) is 0 Å². The number of aromatic nitrogens is 3. The SMILES string of the molecule is CC(Nc1cnn(C)c(=O)c1Br)c1ccncc1. The Morgan fingerprint density at radius 2 is 2.06 bits per heavy atom. The van der Waals surface area contributed by atoms with E-state index in [9.17, 15) is 4.79 Å². The van der Waals surface area contributed by atoms with Crippen LogP contribution in [0, 0.1) is 0 Å². The van der Waals surface area contributed by atoms with Crippen molar-refractivity contribution in [3.05, 3.63) is 51.1 Å².